The van der Waals surface area contributed by atoms with Crippen molar-refractivity contribution in [1.82, 2.24) is 9.88 Å². The molecule has 1 N–H and O–H groups in total. The number of fused-ring (bicyclic) bond motifs is 1. The van der Waals surface area contributed by atoms with E-state index in [0.29, 0.717) is 31.3 Å². The van der Waals surface area contributed by atoms with E-state index in [1.165, 1.54) is 12.1 Å². The van der Waals surface area contributed by atoms with Gasteiger partial charge in [-0.15, -0.1) is 0 Å². The largest absolute Gasteiger partial charge is 0.486 e. The van der Waals surface area contributed by atoms with Crippen LogP contribution in [0.2, 0.25) is 0 Å². The van der Waals surface area contributed by atoms with E-state index in [2.05, 4.69) is 29.0 Å². The minimum absolute atomic E-state index is 0.0765. The summed E-state index contributed by atoms with van der Waals surface area (Å²) in [4.78, 5) is 6.84. The summed E-state index contributed by atoms with van der Waals surface area (Å²) in [7, 11) is -3.98. The predicted molar refractivity (Wildman–Crippen MR) is 130 cm³/mol. The maximum absolute atomic E-state index is 13.6. The molecule has 3 aromatic rings. The maximum atomic E-state index is 13.6. The SMILES string of the molecule is CCN(CC)CCCNc1oc(-c2ccccc2C)nc1S(=O)(=O)c1ccc2c(c1)OCCO2. The highest BCUT2D eigenvalue weighted by Gasteiger charge is 2.30. The molecule has 0 atom stereocenters. The lowest BCUT2D eigenvalue weighted by molar-refractivity contribution is 0.171. The molecule has 2 aromatic carbocycles. The van der Waals surface area contributed by atoms with Crippen molar-refractivity contribution in [2.24, 2.45) is 0 Å². The minimum atomic E-state index is -3.98. The zero-order chi connectivity index (χ0) is 24.1. The Morgan fingerprint density at radius 1 is 1.03 bits per heavy atom. The van der Waals surface area contributed by atoms with Gasteiger partial charge in [-0.1, -0.05) is 32.0 Å². The smallest absolute Gasteiger partial charge is 0.233 e. The first-order valence-electron chi connectivity index (χ1n) is 11.6. The molecule has 9 heteroatoms. The molecule has 0 bridgehead atoms. The van der Waals surface area contributed by atoms with Crippen LogP contribution in [0.4, 0.5) is 5.88 Å². The summed E-state index contributed by atoms with van der Waals surface area (Å²) in [5.41, 5.74) is 1.69. The predicted octanol–water partition coefficient (Wildman–Crippen LogP) is 4.40. The van der Waals surface area contributed by atoms with Gasteiger partial charge in [-0.2, -0.15) is 4.98 Å². The van der Waals surface area contributed by atoms with E-state index < -0.39 is 9.84 Å². The van der Waals surface area contributed by atoms with Gasteiger partial charge in [0.1, 0.15) is 13.2 Å². The molecular weight excluding hydrogens is 454 g/mol. The standard InChI is InChI=1S/C25H31N3O5S/c1-4-28(5-2)14-8-13-26-24-25(27-23(33-24)20-10-7-6-9-18(20)3)34(29,30)19-11-12-21-22(17-19)32-16-15-31-21/h6-7,9-12,17,26H,4-5,8,13-16H2,1-3H3. The third-order valence-electron chi connectivity index (χ3n) is 5.88. The number of nitrogens with one attached hydrogen (secondary N) is 1. The van der Waals surface area contributed by atoms with Crippen molar-refractivity contribution in [3.8, 4) is 23.0 Å². The van der Waals surface area contributed by atoms with Crippen LogP contribution >= 0.6 is 0 Å². The molecular formula is C25H31N3O5S. The number of benzene rings is 2. The Bertz CT molecular complexity index is 1240. The Morgan fingerprint density at radius 2 is 1.76 bits per heavy atom. The lowest BCUT2D eigenvalue weighted by Crippen LogP contribution is -2.25. The number of aryl methyl sites for hydroxylation is 1. The highest BCUT2D eigenvalue weighted by molar-refractivity contribution is 7.91. The first-order valence-corrected chi connectivity index (χ1v) is 13.1. The molecule has 8 nitrogen and oxygen atoms in total. The molecule has 1 aromatic heterocycles. The van der Waals surface area contributed by atoms with Crippen LogP contribution in [0.1, 0.15) is 25.8 Å². The van der Waals surface area contributed by atoms with E-state index >= 15 is 0 Å². The molecule has 0 spiro atoms. The van der Waals surface area contributed by atoms with Crippen molar-refractivity contribution in [1.29, 1.82) is 0 Å². The third kappa shape index (κ3) is 5.05. The van der Waals surface area contributed by atoms with Gasteiger partial charge in [0.25, 0.3) is 0 Å². The fourth-order valence-corrected chi connectivity index (χ4v) is 5.17. The molecule has 4 rings (SSSR count). The number of ether oxygens (including phenoxy) is 2. The summed E-state index contributed by atoms with van der Waals surface area (Å²) in [6.07, 6.45) is 0.839. The van der Waals surface area contributed by atoms with Crippen molar-refractivity contribution in [3.63, 3.8) is 0 Å². The van der Waals surface area contributed by atoms with Crippen LogP contribution in [-0.4, -0.2) is 57.7 Å². The summed E-state index contributed by atoms with van der Waals surface area (Å²) in [5.74, 6) is 1.34. The molecule has 182 valence electrons. The second-order valence-electron chi connectivity index (χ2n) is 8.08. The fraction of sp³-hybridized carbons (Fsp3) is 0.400. The van der Waals surface area contributed by atoms with Gasteiger partial charge in [0.2, 0.25) is 26.6 Å². The normalized spacial score (nSPS) is 13.3. The highest BCUT2D eigenvalue weighted by Crippen LogP contribution is 2.37. The first kappa shape index (κ1) is 24.1. The second-order valence-corrected chi connectivity index (χ2v) is 9.95. The van der Waals surface area contributed by atoms with Crippen LogP contribution in [0, 0.1) is 6.92 Å². The summed E-state index contributed by atoms with van der Waals surface area (Å²) >= 11 is 0. The topological polar surface area (TPSA) is 93.9 Å². The van der Waals surface area contributed by atoms with Crippen LogP contribution in [0.25, 0.3) is 11.5 Å². The number of rotatable bonds is 10. The molecule has 0 saturated carbocycles. The zero-order valence-corrected chi connectivity index (χ0v) is 20.7. The zero-order valence-electron chi connectivity index (χ0n) is 19.8. The number of hydrogen-bond acceptors (Lipinski definition) is 8. The molecule has 0 amide bonds. The van der Waals surface area contributed by atoms with E-state index in [0.717, 1.165) is 37.2 Å². The summed E-state index contributed by atoms with van der Waals surface area (Å²) < 4.78 is 44.4. The number of nitrogens with zero attached hydrogens (tertiary/aromatic N) is 2. The van der Waals surface area contributed by atoms with Crippen LogP contribution in [0.3, 0.4) is 0 Å². The van der Waals surface area contributed by atoms with Crippen molar-refractivity contribution in [3.05, 3.63) is 48.0 Å². The summed E-state index contributed by atoms with van der Waals surface area (Å²) in [5, 5.41) is 3.04. The van der Waals surface area contributed by atoms with Gasteiger partial charge < -0.3 is 24.1 Å². The number of hydrogen-bond donors (Lipinski definition) is 1. The average Bonchev–Trinajstić information content (AvgIpc) is 3.29. The van der Waals surface area contributed by atoms with E-state index in [4.69, 9.17) is 13.9 Å². The van der Waals surface area contributed by atoms with Gasteiger partial charge in [0, 0.05) is 18.2 Å². The molecule has 0 saturated heterocycles. The van der Waals surface area contributed by atoms with Crippen molar-refractivity contribution < 1.29 is 22.3 Å². The Balaban J connectivity index is 1.67. The van der Waals surface area contributed by atoms with Gasteiger partial charge in [-0.25, -0.2) is 8.42 Å². The van der Waals surface area contributed by atoms with Gasteiger partial charge in [0.15, 0.2) is 11.5 Å². The minimum Gasteiger partial charge on any atom is -0.486 e. The number of anilines is 1. The Kier molecular flexibility index (Phi) is 7.43. The molecule has 34 heavy (non-hydrogen) atoms. The molecule has 0 fully saturated rings. The van der Waals surface area contributed by atoms with E-state index in [9.17, 15) is 8.42 Å². The molecule has 1 aliphatic heterocycles. The van der Waals surface area contributed by atoms with Crippen LogP contribution < -0.4 is 14.8 Å². The van der Waals surface area contributed by atoms with Crippen LogP contribution in [0.15, 0.2) is 56.8 Å². The number of aromatic nitrogens is 1. The Labute approximate surface area is 200 Å². The van der Waals surface area contributed by atoms with Gasteiger partial charge in [-0.3, -0.25) is 0 Å². The summed E-state index contributed by atoms with van der Waals surface area (Å²) in [6.45, 7) is 10.4. The van der Waals surface area contributed by atoms with E-state index in [1.54, 1.807) is 6.07 Å². The fourth-order valence-electron chi connectivity index (χ4n) is 3.87. The van der Waals surface area contributed by atoms with Crippen molar-refractivity contribution in [2.75, 3.05) is 44.7 Å². The lowest BCUT2D eigenvalue weighted by Gasteiger charge is -2.18. The highest BCUT2D eigenvalue weighted by atomic mass is 32.2. The Hall–Kier alpha value is -3.04. The second kappa shape index (κ2) is 10.5. The van der Waals surface area contributed by atoms with Crippen molar-refractivity contribution >= 4 is 15.7 Å². The van der Waals surface area contributed by atoms with Gasteiger partial charge in [-0.05, 0) is 56.7 Å². The number of sulfone groups is 1. The molecule has 0 aliphatic carbocycles. The van der Waals surface area contributed by atoms with E-state index in [1.807, 2.05) is 31.2 Å². The first-order chi connectivity index (χ1) is 16.4. The molecule has 0 radical (unpaired) electrons. The molecule has 2 heterocycles. The lowest BCUT2D eigenvalue weighted by atomic mass is 10.1. The number of oxazole rings is 1. The maximum Gasteiger partial charge on any atom is 0.233 e. The molecule has 1 aliphatic rings. The monoisotopic (exact) mass is 485 g/mol. The molecule has 0 unspecified atom stereocenters. The van der Waals surface area contributed by atoms with Crippen LogP contribution in [0.5, 0.6) is 11.5 Å². The van der Waals surface area contributed by atoms with Gasteiger partial charge >= 0.3 is 0 Å². The van der Waals surface area contributed by atoms with Crippen molar-refractivity contribution in [2.45, 2.75) is 37.1 Å². The van der Waals surface area contributed by atoms with Gasteiger partial charge in [0.05, 0.1) is 4.90 Å². The quantitative estimate of drug-likeness (QED) is 0.423. The Morgan fingerprint density at radius 3 is 2.50 bits per heavy atom. The third-order valence-corrected chi connectivity index (χ3v) is 7.54. The average molecular weight is 486 g/mol. The van der Waals surface area contributed by atoms with E-state index in [-0.39, 0.29) is 21.7 Å². The van der Waals surface area contributed by atoms with Crippen LogP contribution in [-0.2, 0) is 9.84 Å². The summed E-state index contributed by atoms with van der Waals surface area (Å²) in [6, 6.07) is 12.2.